The molecule has 5 N–H and O–H groups in total. The number of aryl methyl sites for hydroxylation is 1. The summed E-state index contributed by atoms with van der Waals surface area (Å²) < 4.78 is 0. The molecule has 2 aromatic rings. The summed E-state index contributed by atoms with van der Waals surface area (Å²) in [7, 11) is 0. The number of rotatable bonds is 2. The highest BCUT2D eigenvalue weighted by Gasteiger charge is 2.46. The molecular formula is C19H18Cl4N6. The first kappa shape index (κ1) is 23.2. The average molecular weight is 472 g/mol. The lowest BCUT2D eigenvalue weighted by molar-refractivity contribution is 0.805. The molecule has 1 heterocycles. The van der Waals surface area contributed by atoms with Crippen LogP contribution in [-0.2, 0) is 12.0 Å². The maximum atomic E-state index is 8.23. The van der Waals surface area contributed by atoms with E-state index in [4.69, 9.17) is 45.1 Å². The van der Waals surface area contributed by atoms with Gasteiger partial charge in [-0.15, -0.1) is 24.8 Å². The number of hydrogen-bond donors (Lipinski definition) is 3. The molecule has 0 bridgehead atoms. The maximum absolute atomic E-state index is 8.23. The molecule has 1 atom stereocenters. The van der Waals surface area contributed by atoms with Crippen LogP contribution in [0.2, 0.25) is 10.0 Å². The maximum Gasteiger partial charge on any atom is 0.219 e. The fourth-order valence-corrected chi connectivity index (χ4v) is 3.74. The van der Waals surface area contributed by atoms with E-state index in [1.807, 2.05) is 18.2 Å². The molecule has 6 nitrogen and oxygen atoms in total. The van der Waals surface area contributed by atoms with E-state index < -0.39 is 5.54 Å². The third kappa shape index (κ3) is 3.85. The van der Waals surface area contributed by atoms with Crippen LogP contribution in [0.3, 0.4) is 0 Å². The van der Waals surface area contributed by atoms with Crippen LogP contribution in [0.4, 0.5) is 0 Å². The van der Waals surface area contributed by atoms with Gasteiger partial charge in [0.05, 0.1) is 15.8 Å². The van der Waals surface area contributed by atoms with Crippen molar-refractivity contribution in [2.75, 3.05) is 0 Å². The van der Waals surface area contributed by atoms with Gasteiger partial charge in [-0.3, -0.25) is 5.41 Å². The summed E-state index contributed by atoms with van der Waals surface area (Å²) in [6, 6.07) is 13.0. The summed E-state index contributed by atoms with van der Waals surface area (Å²) in [6.07, 6.45) is 1.67. The third-order valence-electron chi connectivity index (χ3n) is 4.75. The number of nitrogens with two attached hydrogens (primary N) is 2. The first-order valence-corrected chi connectivity index (χ1v) is 9.08. The smallest absolute Gasteiger partial charge is 0.219 e. The van der Waals surface area contributed by atoms with Gasteiger partial charge >= 0.3 is 0 Å². The summed E-state index contributed by atoms with van der Waals surface area (Å²) >= 11 is 12.2. The molecule has 1 unspecified atom stereocenters. The normalized spacial score (nSPS) is 21.0. The van der Waals surface area contributed by atoms with Crippen molar-refractivity contribution in [2.24, 2.45) is 26.4 Å². The van der Waals surface area contributed by atoms with Crippen LogP contribution < -0.4 is 11.5 Å². The zero-order valence-corrected chi connectivity index (χ0v) is 18.2. The first-order valence-electron chi connectivity index (χ1n) is 8.32. The van der Waals surface area contributed by atoms with Gasteiger partial charge in [0.25, 0.3) is 0 Å². The van der Waals surface area contributed by atoms with Gasteiger partial charge in [-0.05, 0) is 41.7 Å². The number of benzene rings is 2. The molecule has 2 aromatic carbocycles. The van der Waals surface area contributed by atoms with Gasteiger partial charge in [-0.1, -0.05) is 53.5 Å². The Kier molecular flexibility index (Phi) is 6.96. The number of nitrogens with zero attached hydrogens (tertiary/aromatic N) is 3. The number of guanidine groups is 1. The summed E-state index contributed by atoms with van der Waals surface area (Å²) in [4.78, 5) is 13.4. The predicted octanol–water partition coefficient (Wildman–Crippen LogP) is 4.13. The predicted molar refractivity (Wildman–Crippen MR) is 125 cm³/mol. The van der Waals surface area contributed by atoms with Crippen molar-refractivity contribution >= 4 is 71.4 Å². The number of aliphatic imine (C=N–C) groups is 3. The molecule has 10 heteroatoms. The van der Waals surface area contributed by atoms with E-state index in [0.717, 1.165) is 24.1 Å². The van der Waals surface area contributed by atoms with Crippen LogP contribution in [0.1, 0.15) is 23.1 Å². The zero-order chi connectivity index (χ0) is 19.2. The zero-order valence-electron chi connectivity index (χ0n) is 15.0. The van der Waals surface area contributed by atoms with E-state index >= 15 is 0 Å². The molecule has 1 aliphatic carbocycles. The Bertz CT molecular complexity index is 1060. The Hall–Kier alpha value is -2.12. The number of fused-ring (bicyclic) bond motifs is 1. The van der Waals surface area contributed by atoms with E-state index in [9.17, 15) is 0 Å². The van der Waals surface area contributed by atoms with Gasteiger partial charge < -0.3 is 11.5 Å². The lowest BCUT2D eigenvalue weighted by Gasteiger charge is -2.25. The second kappa shape index (κ2) is 8.71. The number of hydrogen-bond acceptors (Lipinski definition) is 5. The van der Waals surface area contributed by atoms with Gasteiger partial charge in [0.15, 0.2) is 5.84 Å². The molecule has 1 aliphatic heterocycles. The Balaban J connectivity index is 0.00000150. The molecule has 0 fully saturated rings. The van der Waals surface area contributed by atoms with Crippen molar-refractivity contribution in [2.45, 2.75) is 18.4 Å². The van der Waals surface area contributed by atoms with Crippen molar-refractivity contribution in [1.82, 2.24) is 0 Å². The van der Waals surface area contributed by atoms with E-state index in [2.05, 4.69) is 16.1 Å². The Labute approximate surface area is 190 Å². The van der Waals surface area contributed by atoms with Crippen molar-refractivity contribution in [1.29, 1.82) is 5.41 Å². The lowest BCUT2D eigenvalue weighted by Crippen LogP contribution is -2.44. The number of amidine groups is 2. The molecule has 29 heavy (non-hydrogen) atoms. The standard InChI is InChI=1S/C19H16Cl2N6.2ClH/c20-13-7-6-11(9-14(13)21)19(16(22)23)17(26-18(24)27-19)25-15-8-5-10-3-1-2-4-12(10)15;;/h1-4,6-7,9H,5,8H2,(H3,22,23)(H2,24,27);2*1H. The molecule has 4 rings (SSSR count). The fraction of sp³-hybridized carbons (Fsp3) is 0.158. The summed E-state index contributed by atoms with van der Waals surface area (Å²) in [5.74, 6) is 0.0372. The molecule has 0 aromatic heterocycles. The summed E-state index contributed by atoms with van der Waals surface area (Å²) in [5.41, 5.74) is 14.2. The topological polar surface area (TPSA) is 113 Å². The fourth-order valence-electron chi connectivity index (χ4n) is 3.44. The van der Waals surface area contributed by atoms with Crippen molar-refractivity contribution in [3.8, 4) is 0 Å². The van der Waals surface area contributed by atoms with Gasteiger partial charge in [0.2, 0.25) is 11.5 Å². The Morgan fingerprint density at radius 2 is 1.79 bits per heavy atom. The highest BCUT2D eigenvalue weighted by Crippen LogP contribution is 2.36. The van der Waals surface area contributed by atoms with Crippen LogP contribution in [0.25, 0.3) is 0 Å². The molecular weight excluding hydrogens is 454 g/mol. The molecule has 0 amide bonds. The second-order valence-electron chi connectivity index (χ2n) is 6.37. The monoisotopic (exact) mass is 470 g/mol. The highest BCUT2D eigenvalue weighted by molar-refractivity contribution is 6.42. The van der Waals surface area contributed by atoms with Crippen molar-refractivity contribution in [3.63, 3.8) is 0 Å². The average Bonchev–Trinajstić information content (AvgIpc) is 3.19. The lowest BCUT2D eigenvalue weighted by atomic mass is 9.88. The summed E-state index contributed by atoms with van der Waals surface area (Å²) in [6.45, 7) is 0. The molecule has 2 aliphatic rings. The molecule has 0 spiro atoms. The van der Waals surface area contributed by atoms with Crippen LogP contribution in [0, 0.1) is 5.41 Å². The van der Waals surface area contributed by atoms with E-state index in [1.54, 1.807) is 18.2 Å². The largest absolute Gasteiger partial charge is 0.385 e. The van der Waals surface area contributed by atoms with Crippen LogP contribution in [0.5, 0.6) is 0 Å². The number of nitrogens with one attached hydrogen (secondary N) is 1. The van der Waals surface area contributed by atoms with E-state index in [1.165, 1.54) is 5.56 Å². The van der Waals surface area contributed by atoms with E-state index in [0.29, 0.717) is 15.6 Å². The van der Waals surface area contributed by atoms with Gasteiger partial charge in [-0.25, -0.2) is 9.98 Å². The number of halogens is 4. The summed E-state index contributed by atoms with van der Waals surface area (Å²) in [5, 5.41) is 8.95. The molecule has 0 radical (unpaired) electrons. The minimum Gasteiger partial charge on any atom is -0.385 e. The highest BCUT2D eigenvalue weighted by atomic mass is 35.5. The van der Waals surface area contributed by atoms with Crippen LogP contribution >= 0.6 is 48.0 Å². The molecule has 0 saturated carbocycles. The van der Waals surface area contributed by atoms with Gasteiger partial charge in [-0.2, -0.15) is 4.99 Å². The second-order valence-corrected chi connectivity index (χ2v) is 7.19. The minimum atomic E-state index is -1.41. The quantitative estimate of drug-likeness (QED) is 0.451. The Morgan fingerprint density at radius 1 is 1.07 bits per heavy atom. The SMILES string of the molecule is Cl.Cl.N=C(N)C1(c2ccc(Cl)c(Cl)c2)N=C(N)N=C1N=C1CCc2ccccc21. The first-order chi connectivity index (χ1) is 12.9. The minimum absolute atomic E-state index is 0. The molecule has 0 saturated heterocycles. The van der Waals surface area contributed by atoms with E-state index in [-0.39, 0.29) is 42.4 Å². The molecule has 152 valence electrons. The van der Waals surface area contributed by atoms with Crippen molar-refractivity contribution < 1.29 is 0 Å². The van der Waals surface area contributed by atoms with Gasteiger partial charge in [0.1, 0.15) is 5.84 Å². The third-order valence-corrected chi connectivity index (χ3v) is 5.49. The van der Waals surface area contributed by atoms with Crippen LogP contribution in [-0.4, -0.2) is 23.3 Å². The van der Waals surface area contributed by atoms with Crippen molar-refractivity contribution in [3.05, 3.63) is 69.2 Å². The Morgan fingerprint density at radius 3 is 2.48 bits per heavy atom. The van der Waals surface area contributed by atoms with Gasteiger partial charge in [0, 0.05) is 0 Å². The van der Waals surface area contributed by atoms with Crippen LogP contribution in [0.15, 0.2) is 57.4 Å².